The summed E-state index contributed by atoms with van der Waals surface area (Å²) >= 11 is 35.3. The number of nitrogens with one attached hydrogen (secondary N) is 1. The van der Waals surface area contributed by atoms with E-state index in [9.17, 15) is 32.5 Å². The van der Waals surface area contributed by atoms with Crippen LogP contribution in [0.3, 0.4) is 0 Å². The third-order valence-corrected chi connectivity index (χ3v) is 21.4. The van der Waals surface area contributed by atoms with Crippen LogP contribution in [0.5, 0.6) is 0 Å². The molecule has 0 unspecified atom stereocenters. The number of halogens is 10. The Labute approximate surface area is 753 Å². The zero-order chi connectivity index (χ0) is 87.2. The molecule has 0 radical (unpaired) electrons. The minimum atomic E-state index is -3.22. The average molecular weight is 2020 g/mol. The van der Waals surface area contributed by atoms with Gasteiger partial charge in [0.2, 0.25) is 11.8 Å². The van der Waals surface area contributed by atoms with Gasteiger partial charge in [0, 0.05) is 126 Å². The Kier molecular flexibility index (Phi) is 33.9. The summed E-state index contributed by atoms with van der Waals surface area (Å²) in [7, 11) is -1.32. The lowest BCUT2D eigenvalue weighted by Crippen LogP contribution is -2.30. The molecule has 0 spiro atoms. The van der Waals surface area contributed by atoms with Crippen LogP contribution in [0.4, 0.5) is 14.5 Å². The van der Waals surface area contributed by atoms with Gasteiger partial charge in [0.25, 0.3) is 5.56 Å². The molecule has 17 heterocycles. The lowest BCUT2D eigenvalue weighted by molar-refractivity contribution is -0.140. The molecule has 0 atom stereocenters. The first kappa shape index (κ1) is 92.9. The highest BCUT2D eigenvalue weighted by molar-refractivity contribution is 14.1. The molecule has 7 N–H and O–H groups in total. The second-order valence-electron chi connectivity index (χ2n) is 27.4. The third-order valence-electron chi connectivity index (χ3n) is 18.2. The van der Waals surface area contributed by atoms with Gasteiger partial charge in [-0.05, 0) is 222 Å². The number of esters is 1. The van der Waals surface area contributed by atoms with E-state index in [1.807, 2.05) is 154 Å². The molecule has 0 bridgehead atoms. The Balaban J connectivity index is 0.000000134. The smallest absolute Gasteiger partial charge is 0.469 e. The molecule has 1 saturated heterocycles. The fourth-order valence-electron chi connectivity index (χ4n) is 11.9. The number of amides is 2. The Morgan fingerprint density at radius 3 is 1.45 bits per heavy atom. The van der Waals surface area contributed by atoms with E-state index in [1.54, 1.807) is 79.4 Å². The van der Waals surface area contributed by atoms with Crippen molar-refractivity contribution in [2.75, 3.05) is 12.8 Å². The van der Waals surface area contributed by atoms with Gasteiger partial charge in [0.1, 0.15) is 11.6 Å². The van der Waals surface area contributed by atoms with Crippen LogP contribution in [0.15, 0.2) is 243 Å². The number of rotatable bonds is 9. The molecule has 21 rings (SSSR count). The number of fused-ring (bicyclic) bond motifs is 6. The molecular formula is C81H75B2Cl6F2I2N18O10P. The van der Waals surface area contributed by atoms with Gasteiger partial charge < -0.3 is 30.6 Å². The van der Waals surface area contributed by atoms with E-state index in [2.05, 4.69) is 131 Å². The van der Waals surface area contributed by atoms with Crippen molar-refractivity contribution >= 4 is 195 Å². The number of carbonyl (C=O) groups is 3. The molecule has 4 saturated carbocycles. The number of nitrogens with two attached hydrogens (primary N) is 1. The Bertz CT molecular complexity index is 6110. The number of pyridine rings is 10. The van der Waals surface area contributed by atoms with E-state index in [0.717, 1.165) is 87.6 Å². The van der Waals surface area contributed by atoms with Crippen molar-refractivity contribution in [2.45, 2.75) is 94.2 Å². The van der Waals surface area contributed by atoms with Gasteiger partial charge >= 0.3 is 25.4 Å². The minimum Gasteiger partial charge on any atom is -0.469 e. The summed E-state index contributed by atoms with van der Waals surface area (Å²) in [6.45, 7) is 0. The zero-order valence-electron chi connectivity index (χ0n) is 64.5. The quantitative estimate of drug-likeness (QED) is 0.0195. The fourth-order valence-corrected chi connectivity index (χ4v) is 13.6. The van der Waals surface area contributed by atoms with Gasteiger partial charge in [-0.2, -0.15) is 25.5 Å². The minimum absolute atomic E-state index is 0.0556. The fraction of sp³-hybridized carbons (Fsp3) is 0.198. The number of anilines is 1. The van der Waals surface area contributed by atoms with Gasteiger partial charge in [-0.3, -0.25) is 53.3 Å². The van der Waals surface area contributed by atoms with Crippen LogP contribution in [-0.2, 0) is 30.1 Å². The number of methoxy groups -OCH3 is 1. The number of carbonyl (C=O) groups excluding carboxylic acids is 3. The summed E-state index contributed by atoms with van der Waals surface area (Å²) in [6, 6.07) is 48.9. The summed E-state index contributed by atoms with van der Waals surface area (Å²) in [6.07, 6.45) is 32.0. The van der Waals surface area contributed by atoms with Crippen LogP contribution in [-0.4, -0.2) is 140 Å². The van der Waals surface area contributed by atoms with Crippen LogP contribution in [0.2, 0.25) is 21.3 Å². The zero-order valence-corrected chi connectivity index (χ0v) is 74.2. The monoisotopic (exact) mass is 2010 g/mol. The van der Waals surface area contributed by atoms with Crippen molar-refractivity contribution in [1.29, 1.82) is 0 Å². The number of hydrogen-bond donors (Lipinski definition) is 6. The van der Waals surface area contributed by atoms with Crippen molar-refractivity contribution in [1.82, 2.24) is 80.7 Å². The average Bonchev–Trinajstić information content (AvgIpc) is 1.60. The maximum absolute atomic E-state index is 13.4. The molecule has 122 heavy (non-hydrogen) atoms. The lowest BCUT2D eigenvalue weighted by Gasteiger charge is -2.01. The predicted molar refractivity (Wildman–Crippen MR) is 486 cm³/mol. The number of aromatic nitrogens is 16. The second-order valence-corrected chi connectivity index (χ2v) is 37.2. The van der Waals surface area contributed by atoms with Gasteiger partial charge in [-0.25, -0.2) is 34.5 Å². The van der Waals surface area contributed by atoms with E-state index in [4.69, 9.17) is 65.7 Å². The maximum atomic E-state index is 13.4. The summed E-state index contributed by atoms with van der Waals surface area (Å²) in [5, 5.41) is 56.3. The standard InChI is InChI=1S/C15H12FN3.C15H14N4.C10H9ClN2.C8H9NO2.C7H4ClIN2.C7H5ClN2.C7H6N2O.C5H5BFNO2.C4H4INO2.C3H7BO2.Cl3OP/c2*16-12-7-11(8-17-9-12)15-14(10-4-5-10)13-3-1-2-6-19(13)18-15;11-10-9(7-4-5-7)8-3-1-2-6-13(8)12-10;1-11-8(10)6-7-4-2-3-5-9-7;8-7-6(9)5-3-1-2-4-11(5)10-7;8-7-5-6-3-1-2-4-10(6)9-7;10-7-5-6-3-1-2-4-9(6)8-7;7-5-1-4(6(9)10)2-8-3-5;5-6-3(7)1-2-4(6)8;5-4(6)3-1-2-3;1-5(2,3)4/h1-3,6-10H,4-5H2;1-3,6-10H,4-5,16H2;1-3,6-7H,4-5H2;2-5H,6H2,1H3;1-4H;1-5H;1-5H,(H,8,10);1-3,9-10H;1-2H2;3,5-6H,1-2H2;. The first-order valence-electron chi connectivity index (χ1n) is 37.5. The predicted octanol–water partition coefficient (Wildman–Crippen LogP) is 17.0. The summed E-state index contributed by atoms with van der Waals surface area (Å²) in [5.41, 5.74) is 21.1. The number of hydrogen-bond acceptors (Lipinski definition) is 20. The molecule has 16 aromatic heterocycles. The largest absolute Gasteiger partial charge is 0.490 e. The molecule has 16 aromatic rings. The van der Waals surface area contributed by atoms with Crippen molar-refractivity contribution in [3.05, 3.63) is 302 Å². The number of imide groups is 1. The molecule has 4 aliphatic carbocycles. The molecule has 2 amide bonds. The van der Waals surface area contributed by atoms with Crippen molar-refractivity contribution in [3.8, 4) is 22.5 Å². The first-order chi connectivity index (χ1) is 58.6. The molecule has 28 nitrogen and oxygen atoms in total. The van der Waals surface area contributed by atoms with Crippen LogP contribution in [0.1, 0.15) is 104 Å². The maximum Gasteiger partial charge on any atom is 0.490 e. The number of nitrogen functional groups attached to an aromatic ring is 1. The third kappa shape index (κ3) is 27.9. The molecule has 1 aliphatic heterocycles. The van der Waals surface area contributed by atoms with Crippen molar-refractivity contribution < 1.29 is 52.6 Å². The Morgan fingerprint density at radius 2 is 1.01 bits per heavy atom. The Hall–Kier alpha value is -9.79. The highest BCUT2D eigenvalue weighted by atomic mass is 127. The van der Waals surface area contributed by atoms with Crippen LogP contribution >= 0.6 is 119 Å². The number of ether oxygens (including phenoxy) is 1. The van der Waals surface area contributed by atoms with Crippen LogP contribution < -0.4 is 16.8 Å². The van der Waals surface area contributed by atoms with E-state index in [-0.39, 0.29) is 46.9 Å². The molecule has 630 valence electrons. The molecule has 0 aromatic carbocycles. The SMILES string of the molecule is COC(=O)Cc1ccccn1.Clc1cc2ccccn2n1.Clc1nn2ccccc2c1C1CC1.Clc1nn2ccccc2c1I.Fc1cncc(-c2nn3ccccc3c2C2CC2)c1.Nc1cncc(-c2nn3ccccc3c2C2CC2)c1.O=C1CCC(=O)N1I.O=P(Cl)(Cl)Cl.O=c1cc2ccccn2[nH]1.OB(O)C1CC1.OB(O)c1cncc(F)c1. The van der Waals surface area contributed by atoms with E-state index >= 15 is 0 Å². The summed E-state index contributed by atoms with van der Waals surface area (Å²) in [4.78, 5) is 57.9. The highest BCUT2D eigenvalue weighted by Crippen LogP contribution is 2.61. The van der Waals surface area contributed by atoms with Crippen LogP contribution in [0.25, 0.3) is 55.6 Å². The van der Waals surface area contributed by atoms with Crippen LogP contribution in [0, 0.1) is 15.2 Å². The van der Waals surface area contributed by atoms with Gasteiger partial charge in [0.05, 0.1) is 108 Å². The molecular weight excluding hydrogens is 1940 g/mol. The molecule has 41 heteroatoms. The lowest BCUT2D eigenvalue weighted by atomic mass is 9.82. The summed E-state index contributed by atoms with van der Waals surface area (Å²) in [5.74, 6) is 0.753. The van der Waals surface area contributed by atoms with Gasteiger partial charge in [-0.1, -0.05) is 90.1 Å². The topological polar surface area (TPSA) is 363 Å². The number of nitrogens with zero attached hydrogens (tertiary/aromatic N) is 16. The normalized spacial score (nSPS) is 13.6. The molecule has 5 aliphatic rings. The second kappa shape index (κ2) is 44.5. The van der Waals surface area contributed by atoms with E-state index in [1.165, 1.54) is 86.3 Å². The van der Waals surface area contributed by atoms with Gasteiger partial charge in [-0.15, -0.1) is 0 Å². The highest BCUT2D eigenvalue weighted by Gasteiger charge is 2.35. The van der Waals surface area contributed by atoms with E-state index in [0.29, 0.717) is 51.7 Å². The van der Waals surface area contributed by atoms with Gasteiger partial charge in [0.15, 0.2) is 15.5 Å². The van der Waals surface area contributed by atoms with Crippen molar-refractivity contribution in [3.63, 3.8) is 0 Å². The number of aromatic amines is 1. The van der Waals surface area contributed by atoms with E-state index < -0.39 is 25.3 Å². The summed E-state index contributed by atoms with van der Waals surface area (Å²) < 4.78 is 52.6. The Morgan fingerprint density at radius 1 is 0.549 bits per heavy atom. The number of H-pyrrole nitrogens is 1. The first-order valence-corrected chi connectivity index (χ1v) is 45.1. The van der Waals surface area contributed by atoms with Crippen molar-refractivity contribution in [2.24, 2.45) is 0 Å². The molecule has 5 fully saturated rings.